The molecule has 0 aliphatic carbocycles. The number of amides is 1. The highest BCUT2D eigenvalue weighted by Crippen LogP contribution is 2.34. The molecule has 0 aliphatic rings. The van der Waals surface area contributed by atoms with Crippen LogP contribution in [-0.2, 0) is 0 Å². The second kappa shape index (κ2) is 6.59. The number of thiophene rings is 1. The van der Waals surface area contributed by atoms with Crippen LogP contribution in [0.1, 0.15) is 15.2 Å². The molecule has 0 bridgehead atoms. The Morgan fingerprint density at radius 1 is 1.12 bits per heavy atom. The minimum Gasteiger partial charge on any atom is -0.316 e. The quantitative estimate of drug-likeness (QED) is 0.479. The van der Waals surface area contributed by atoms with Gasteiger partial charge in [-0.15, -0.1) is 22.7 Å². The molecule has 4 rings (SSSR count). The van der Waals surface area contributed by atoms with Gasteiger partial charge in [0.25, 0.3) is 5.91 Å². The van der Waals surface area contributed by atoms with Gasteiger partial charge in [0.2, 0.25) is 0 Å². The van der Waals surface area contributed by atoms with Crippen LogP contribution in [0.2, 0.25) is 0 Å². The third-order valence-corrected chi connectivity index (χ3v) is 5.88. The van der Waals surface area contributed by atoms with E-state index >= 15 is 0 Å². The number of aryl methyl sites for hydroxylation is 1. The van der Waals surface area contributed by atoms with E-state index in [-0.39, 0.29) is 0 Å². The van der Waals surface area contributed by atoms with Crippen LogP contribution >= 0.6 is 22.7 Å². The molecular formula is C19H12F2N2OS2. The standard InChI is InChI=1S/C19H12F2N2OS2/c1-10-7-17-14(22-9-25-17)8-11(10)15-5-6-16(26-15)19(24)23-18-12(20)3-2-4-13(18)21/h2-9H,1H3,(H,23,24). The van der Waals surface area contributed by atoms with E-state index in [1.165, 1.54) is 17.4 Å². The Hall–Kier alpha value is -2.64. The molecule has 0 aliphatic heterocycles. The summed E-state index contributed by atoms with van der Waals surface area (Å²) in [6.07, 6.45) is 0. The molecule has 0 unspecified atom stereocenters. The van der Waals surface area contributed by atoms with E-state index in [4.69, 9.17) is 0 Å². The summed E-state index contributed by atoms with van der Waals surface area (Å²) in [5.74, 6) is -2.16. The van der Waals surface area contributed by atoms with Gasteiger partial charge in [-0.1, -0.05) is 6.07 Å². The van der Waals surface area contributed by atoms with Gasteiger partial charge in [-0.3, -0.25) is 4.79 Å². The lowest BCUT2D eigenvalue weighted by atomic mass is 10.1. The van der Waals surface area contributed by atoms with Crippen molar-refractivity contribution in [1.82, 2.24) is 4.98 Å². The summed E-state index contributed by atoms with van der Waals surface area (Å²) in [5, 5.41) is 2.31. The zero-order valence-corrected chi connectivity index (χ0v) is 15.2. The zero-order valence-electron chi connectivity index (χ0n) is 13.5. The van der Waals surface area contributed by atoms with E-state index in [2.05, 4.69) is 16.4 Å². The number of hydrogen-bond acceptors (Lipinski definition) is 4. The first-order valence-electron chi connectivity index (χ1n) is 7.72. The summed E-state index contributed by atoms with van der Waals surface area (Å²) >= 11 is 2.85. The highest BCUT2D eigenvalue weighted by Gasteiger charge is 2.16. The van der Waals surface area contributed by atoms with E-state index in [1.807, 2.05) is 19.1 Å². The zero-order chi connectivity index (χ0) is 18.3. The molecule has 0 saturated heterocycles. The van der Waals surface area contributed by atoms with Crippen LogP contribution in [0.5, 0.6) is 0 Å². The maximum Gasteiger partial charge on any atom is 0.265 e. The number of aromatic nitrogens is 1. The number of fused-ring (bicyclic) bond motifs is 1. The molecule has 0 saturated carbocycles. The summed E-state index contributed by atoms with van der Waals surface area (Å²) in [7, 11) is 0. The smallest absolute Gasteiger partial charge is 0.265 e. The number of carbonyl (C=O) groups is 1. The van der Waals surface area contributed by atoms with Gasteiger partial charge in [-0.05, 0) is 54.4 Å². The molecule has 2 aromatic heterocycles. The fraction of sp³-hybridized carbons (Fsp3) is 0.0526. The van der Waals surface area contributed by atoms with E-state index in [1.54, 1.807) is 22.9 Å². The summed E-state index contributed by atoms with van der Waals surface area (Å²) in [4.78, 5) is 18.0. The van der Waals surface area contributed by atoms with Crippen molar-refractivity contribution in [2.75, 3.05) is 5.32 Å². The van der Waals surface area contributed by atoms with Crippen LogP contribution in [0.3, 0.4) is 0 Å². The molecule has 0 spiro atoms. The van der Waals surface area contributed by atoms with Crippen molar-refractivity contribution in [3.63, 3.8) is 0 Å². The van der Waals surface area contributed by atoms with Gasteiger partial charge in [0.15, 0.2) is 0 Å². The van der Waals surface area contributed by atoms with Crippen LogP contribution in [0.15, 0.2) is 48.0 Å². The van der Waals surface area contributed by atoms with Crippen molar-refractivity contribution in [3.05, 3.63) is 70.1 Å². The normalized spacial score (nSPS) is 11.0. The second-order valence-corrected chi connectivity index (χ2v) is 7.67. The van der Waals surface area contributed by atoms with Gasteiger partial charge < -0.3 is 5.32 Å². The highest BCUT2D eigenvalue weighted by molar-refractivity contribution is 7.17. The topological polar surface area (TPSA) is 42.0 Å². The molecular weight excluding hydrogens is 374 g/mol. The first-order valence-corrected chi connectivity index (χ1v) is 9.42. The van der Waals surface area contributed by atoms with Gasteiger partial charge in [0.05, 0.1) is 20.6 Å². The molecule has 2 heterocycles. The Bertz CT molecular complexity index is 1110. The molecule has 3 nitrogen and oxygen atoms in total. The van der Waals surface area contributed by atoms with E-state index in [0.717, 1.165) is 38.4 Å². The Morgan fingerprint density at radius 2 is 1.88 bits per heavy atom. The SMILES string of the molecule is Cc1cc2scnc2cc1-c1ccc(C(=O)Nc2c(F)cccc2F)s1. The highest BCUT2D eigenvalue weighted by atomic mass is 32.1. The van der Waals surface area contributed by atoms with Crippen molar-refractivity contribution in [2.24, 2.45) is 0 Å². The third-order valence-electron chi connectivity index (χ3n) is 3.97. The first-order chi connectivity index (χ1) is 12.5. The summed E-state index contributed by atoms with van der Waals surface area (Å²) in [6, 6.07) is 11.0. The van der Waals surface area contributed by atoms with Crippen LogP contribution < -0.4 is 5.32 Å². The van der Waals surface area contributed by atoms with Crippen molar-refractivity contribution in [2.45, 2.75) is 6.92 Å². The Balaban J connectivity index is 1.65. The summed E-state index contributed by atoms with van der Waals surface area (Å²) < 4.78 is 28.5. The van der Waals surface area contributed by atoms with Gasteiger partial charge in [-0.2, -0.15) is 0 Å². The predicted molar refractivity (Wildman–Crippen MR) is 102 cm³/mol. The maximum atomic E-state index is 13.7. The molecule has 2 aromatic carbocycles. The molecule has 7 heteroatoms. The number of para-hydroxylation sites is 1. The van der Waals surface area contributed by atoms with Crippen molar-refractivity contribution >= 4 is 44.5 Å². The van der Waals surface area contributed by atoms with E-state index in [0.29, 0.717) is 4.88 Å². The fourth-order valence-electron chi connectivity index (χ4n) is 2.67. The second-order valence-electron chi connectivity index (χ2n) is 5.70. The van der Waals surface area contributed by atoms with Crippen LogP contribution in [0, 0.1) is 18.6 Å². The van der Waals surface area contributed by atoms with Gasteiger partial charge in [0.1, 0.15) is 17.3 Å². The number of anilines is 1. The number of benzene rings is 2. The number of hydrogen-bond donors (Lipinski definition) is 1. The van der Waals surface area contributed by atoms with Crippen molar-refractivity contribution < 1.29 is 13.6 Å². The number of halogens is 2. The molecule has 0 fully saturated rings. The lowest BCUT2D eigenvalue weighted by Gasteiger charge is -2.06. The molecule has 0 radical (unpaired) electrons. The third kappa shape index (κ3) is 3.00. The lowest BCUT2D eigenvalue weighted by Crippen LogP contribution is -2.12. The maximum absolute atomic E-state index is 13.7. The minimum atomic E-state index is -0.806. The van der Waals surface area contributed by atoms with Crippen molar-refractivity contribution in [3.8, 4) is 10.4 Å². The van der Waals surface area contributed by atoms with Gasteiger partial charge in [0, 0.05) is 4.88 Å². The average Bonchev–Trinajstić information content (AvgIpc) is 3.26. The Kier molecular flexibility index (Phi) is 4.26. The number of rotatable bonds is 3. The van der Waals surface area contributed by atoms with Crippen LogP contribution in [0.4, 0.5) is 14.5 Å². The molecule has 1 N–H and O–H groups in total. The van der Waals surface area contributed by atoms with Gasteiger partial charge in [-0.25, -0.2) is 13.8 Å². The molecule has 26 heavy (non-hydrogen) atoms. The van der Waals surface area contributed by atoms with Crippen LogP contribution in [-0.4, -0.2) is 10.9 Å². The molecule has 4 aromatic rings. The van der Waals surface area contributed by atoms with E-state index in [9.17, 15) is 13.6 Å². The van der Waals surface area contributed by atoms with Gasteiger partial charge >= 0.3 is 0 Å². The molecule has 0 atom stereocenters. The largest absolute Gasteiger partial charge is 0.316 e. The molecule has 1 amide bonds. The summed E-state index contributed by atoms with van der Waals surface area (Å²) in [6.45, 7) is 2.00. The Labute approximate surface area is 155 Å². The number of thiazole rings is 1. The number of nitrogens with one attached hydrogen (secondary N) is 1. The summed E-state index contributed by atoms with van der Waals surface area (Å²) in [5.41, 5.74) is 4.33. The number of nitrogens with zero attached hydrogens (tertiary/aromatic N) is 1. The average molecular weight is 386 g/mol. The van der Waals surface area contributed by atoms with Crippen molar-refractivity contribution in [1.29, 1.82) is 0 Å². The van der Waals surface area contributed by atoms with Crippen LogP contribution in [0.25, 0.3) is 20.7 Å². The predicted octanol–water partition coefficient (Wildman–Crippen LogP) is 5.86. The number of carbonyl (C=O) groups excluding carboxylic acids is 1. The first kappa shape index (κ1) is 16.8. The van der Waals surface area contributed by atoms with E-state index < -0.39 is 23.2 Å². The minimum absolute atomic E-state index is 0.375. The molecule has 130 valence electrons. The lowest BCUT2D eigenvalue weighted by molar-refractivity contribution is 0.102. The fourth-order valence-corrected chi connectivity index (χ4v) is 4.41. The Morgan fingerprint density at radius 3 is 2.65 bits per heavy atom. The monoisotopic (exact) mass is 386 g/mol.